The van der Waals surface area contributed by atoms with E-state index in [2.05, 4.69) is 10.4 Å². The Morgan fingerprint density at radius 3 is 2.57 bits per heavy atom. The molecule has 1 atom stereocenters. The number of amides is 1. The fraction of sp³-hybridized carbons (Fsp3) is 0.130. The van der Waals surface area contributed by atoms with E-state index in [0.29, 0.717) is 28.6 Å². The fourth-order valence-electron chi connectivity index (χ4n) is 3.13. The van der Waals surface area contributed by atoms with Crippen molar-refractivity contribution < 1.29 is 14.3 Å². The Bertz CT molecular complexity index is 1110. The van der Waals surface area contributed by atoms with Gasteiger partial charge in [0.1, 0.15) is 17.6 Å². The smallest absolute Gasteiger partial charge is 0.255 e. The van der Waals surface area contributed by atoms with Crippen LogP contribution in [0.2, 0.25) is 5.02 Å². The lowest BCUT2D eigenvalue weighted by atomic mass is 10.1. The van der Waals surface area contributed by atoms with Gasteiger partial charge in [-0.3, -0.25) is 9.48 Å². The fourth-order valence-corrected chi connectivity index (χ4v) is 3.25. The number of aliphatic hydroxyl groups excluding tert-OH is 1. The summed E-state index contributed by atoms with van der Waals surface area (Å²) in [7, 11) is 0. The van der Waals surface area contributed by atoms with Crippen LogP contribution in [0.3, 0.4) is 0 Å². The van der Waals surface area contributed by atoms with Gasteiger partial charge < -0.3 is 14.8 Å². The lowest BCUT2D eigenvalue weighted by Gasteiger charge is -2.09. The van der Waals surface area contributed by atoms with Gasteiger partial charge in [-0.05, 0) is 29.8 Å². The van der Waals surface area contributed by atoms with E-state index in [1.807, 2.05) is 42.5 Å². The minimum absolute atomic E-state index is 0.0241. The van der Waals surface area contributed by atoms with E-state index in [1.165, 1.54) is 6.26 Å². The highest BCUT2D eigenvalue weighted by Crippen LogP contribution is 2.24. The molecule has 0 aliphatic carbocycles. The summed E-state index contributed by atoms with van der Waals surface area (Å²) in [5.41, 5.74) is 2.82. The van der Waals surface area contributed by atoms with E-state index in [4.69, 9.17) is 16.0 Å². The van der Waals surface area contributed by atoms with Gasteiger partial charge in [-0.2, -0.15) is 5.10 Å². The largest absolute Gasteiger partial charge is 0.467 e. The van der Waals surface area contributed by atoms with E-state index >= 15 is 0 Å². The van der Waals surface area contributed by atoms with Crippen LogP contribution >= 0.6 is 11.6 Å². The maximum atomic E-state index is 12.9. The molecular weight excluding hydrogens is 402 g/mol. The third kappa shape index (κ3) is 4.62. The summed E-state index contributed by atoms with van der Waals surface area (Å²) in [6.45, 7) is 0.556. The number of carbonyl (C=O) groups is 1. The molecule has 152 valence electrons. The van der Waals surface area contributed by atoms with E-state index in [1.54, 1.807) is 35.1 Å². The Morgan fingerprint density at radius 2 is 1.87 bits per heavy atom. The number of aliphatic hydroxyl groups is 1. The molecule has 0 saturated carbocycles. The second kappa shape index (κ2) is 8.98. The maximum absolute atomic E-state index is 12.9. The monoisotopic (exact) mass is 421 g/mol. The van der Waals surface area contributed by atoms with Gasteiger partial charge in [0, 0.05) is 16.8 Å². The molecule has 0 aliphatic rings. The highest BCUT2D eigenvalue weighted by Gasteiger charge is 2.20. The molecule has 0 bridgehead atoms. The van der Waals surface area contributed by atoms with Crippen molar-refractivity contribution in [3.8, 4) is 11.3 Å². The Balaban J connectivity index is 1.59. The molecule has 0 spiro atoms. The lowest BCUT2D eigenvalue weighted by molar-refractivity contribution is 0.0901. The van der Waals surface area contributed by atoms with Gasteiger partial charge in [0.15, 0.2) is 0 Å². The van der Waals surface area contributed by atoms with Crippen molar-refractivity contribution in [3.05, 3.63) is 101 Å². The van der Waals surface area contributed by atoms with Crippen LogP contribution in [0.1, 0.15) is 27.8 Å². The van der Waals surface area contributed by atoms with Gasteiger partial charge in [-0.15, -0.1) is 0 Å². The van der Waals surface area contributed by atoms with Gasteiger partial charge in [0.2, 0.25) is 0 Å². The third-order valence-corrected chi connectivity index (χ3v) is 4.89. The summed E-state index contributed by atoms with van der Waals surface area (Å²) in [5.74, 6) is 0.0675. The van der Waals surface area contributed by atoms with Crippen LogP contribution in [0, 0.1) is 0 Å². The number of rotatable bonds is 7. The minimum Gasteiger partial charge on any atom is -0.467 e. The van der Waals surface area contributed by atoms with Crippen molar-refractivity contribution >= 4 is 17.5 Å². The number of halogens is 1. The zero-order valence-corrected chi connectivity index (χ0v) is 16.8. The standard InChI is InChI=1S/C23H20ClN3O3/c24-18-10-8-17(9-11-18)22-19(15-27(26-22)14-16-5-2-1-3-6-16)23(29)25-13-20(28)21-7-4-12-30-21/h1-12,15,20,28H,13-14H2,(H,25,29). The van der Waals surface area contributed by atoms with Crippen LogP contribution in [-0.4, -0.2) is 27.3 Å². The number of carbonyl (C=O) groups excluding carboxylic acids is 1. The molecule has 7 heteroatoms. The summed E-state index contributed by atoms with van der Waals surface area (Å²) < 4.78 is 6.91. The topological polar surface area (TPSA) is 80.3 Å². The number of nitrogens with zero attached hydrogens (tertiary/aromatic N) is 2. The van der Waals surface area contributed by atoms with Gasteiger partial charge in [0.25, 0.3) is 5.91 Å². The second-order valence-electron chi connectivity index (χ2n) is 6.82. The molecule has 4 rings (SSSR count). The molecule has 1 unspecified atom stereocenters. The molecule has 30 heavy (non-hydrogen) atoms. The number of hydrogen-bond acceptors (Lipinski definition) is 4. The number of hydrogen-bond donors (Lipinski definition) is 2. The summed E-state index contributed by atoms with van der Waals surface area (Å²) >= 11 is 6.01. The molecule has 0 radical (unpaired) electrons. The molecule has 0 aliphatic heterocycles. The number of aromatic nitrogens is 2. The zero-order chi connectivity index (χ0) is 20.9. The van der Waals surface area contributed by atoms with E-state index < -0.39 is 6.10 Å². The zero-order valence-electron chi connectivity index (χ0n) is 16.0. The highest BCUT2D eigenvalue weighted by molar-refractivity contribution is 6.30. The quantitative estimate of drug-likeness (QED) is 0.466. The van der Waals surface area contributed by atoms with Crippen LogP contribution in [0.25, 0.3) is 11.3 Å². The molecule has 4 aromatic rings. The second-order valence-corrected chi connectivity index (χ2v) is 7.26. The van der Waals surface area contributed by atoms with Gasteiger partial charge >= 0.3 is 0 Å². The van der Waals surface area contributed by atoms with Crippen molar-refractivity contribution in [2.75, 3.05) is 6.54 Å². The van der Waals surface area contributed by atoms with Crippen molar-refractivity contribution in [2.45, 2.75) is 12.6 Å². The van der Waals surface area contributed by atoms with Crippen molar-refractivity contribution in [1.82, 2.24) is 15.1 Å². The molecule has 2 aromatic carbocycles. The predicted octanol–water partition coefficient (Wildman–Crippen LogP) is 4.31. The van der Waals surface area contributed by atoms with E-state index in [0.717, 1.165) is 11.1 Å². The first kappa shape index (κ1) is 19.9. The van der Waals surface area contributed by atoms with E-state index in [9.17, 15) is 9.90 Å². The Hall–Kier alpha value is -3.35. The molecule has 2 aromatic heterocycles. The first-order valence-corrected chi connectivity index (χ1v) is 9.85. The highest BCUT2D eigenvalue weighted by atomic mass is 35.5. The Labute approximate surface area is 178 Å². The lowest BCUT2D eigenvalue weighted by Crippen LogP contribution is -2.28. The van der Waals surface area contributed by atoms with Crippen molar-refractivity contribution in [2.24, 2.45) is 0 Å². The van der Waals surface area contributed by atoms with Crippen LogP contribution in [-0.2, 0) is 6.54 Å². The molecule has 1 amide bonds. The van der Waals surface area contributed by atoms with Gasteiger partial charge in [0.05, 0.1) is 24.9 Å². The summed E-state index contributed by atoms with van der Waals surface area (Å²) in [6, 6.07) is 20.4. The molecule has 0 saturated heterocycles. The van der Waals surface area contributed by atoms with Crippen LogP contribution in [0.4, 0.5) is 0 Å². The van der Waals surface area contributed by atoms with E-state index in [-0.39, 0.29) is 12.5 Å². The first-order valence-electron chi connectivity index (χ1n) is 9.47. The molecule has 2 heterocycles. The van der Waals surface area contributed by atoms with Gasteiger partial charge in [-0.1, -0.05) is 54.1 Å². The summed E-state index contributed by atoms with van der Waals surface area (Å²) in [5, 5.41) is 18.2. The molecule has 0 fully saturated rings. The first-order chi connectivity index (χ1) is 14.6. The number of nitrogens with one attached hydrogen (secondary N) is 1. The SMILES string of the molecule is O=C(NCC(O)c1ccco1)c1cn(Cc2ccccc2)nc1-c1ccc(Cl)cc1. The number of furan rings is 1. The van der Waals surface area contributed by atoms with Crippen molar-refractivity contribution in [3.63, 3.8) is 0 Å². The van der Waals surface area contributed by atoms with Crippen molar-refractivity contribution in [1.29, 1.82) is 0 Å². The third-order valence-electron chi connectivity index (χ3n) is 4.64. The van der Waals surface area contributed by atoms with Crippen LogP contribution < -0.4 is 5.32 Å². The average Bonchev–Trinajstić information content (AvgIpc) is 3.44. The molecule has 2 N–H and O–H groups in total. The average molecular weight is 422 g/mol. The normalized spacial score (nSPS) is 11.9. The Kier molecular flexibility index (Phi) is 5.97. The predicted molar refractivity (Wildman–Crippen MR) is 114 cm³/mol. The van der Waals surface area contributed by atoms with Crippen LogP contribution in [0.5, 0.6) is 0 Å². The summed E-state index contributed by atoms with van der Waals surface area (Å²) in [6.07, 6.45) is 2.26. The Morgan fingerprint density at radius 1 is 1.10 bits per heavy atom. The van der Waals surface area contributed by atoms with Gasteiger partial charge in [-0.25, -0.2) is 0 Å². The molecular formula is C23H20ClN3O3. The molecule has 6 nitrogen and oxygen atoms in total. The summed E-state index contributed by atoms with van der Waals surface area (Å²) in [4.78, 5) is 12.9. The van der Waals surface area contributed by atoms with Crippen LogP contribution in [0.15, 0.2) is 83.6 Å². The maximum Gasteiger partial charge on any atom is 0.255 e. The number of benzene rings is 2. The minimum atomic E-state index is -0.928.